The van der Waals surface area contributed by atoms with E-state index >= 15 is 0 Å². The smallest absolute Gasteiger partial charge is 0.390 e. The molecule has 132 valence electrons. The minimum atomic E-state index is -4.47. The molecule has 1 aromatic carbocycles. The topological polar surface area (TPSA) is 49.8 Å². The van der Waals surface area contributed by atoms with E-state index in [2.05, 4.69) is 0 Å². The molecule has 1 atom stereocenters. The summed E-state index contributed by atoms with van der Waals surface area (Å²) < 4.78 is 44.1. The van der Waals surface area contributed by atoms with E-state index in [0.29, 0.717) is 39.0 Å². The van der Waals surface area contributed by atoms with Crippen molar-refractivity contribution in [2.45, 2.75) is 43.6 Å². The molecule has 1 aromatic rings. The molecule has 0 aromatic heterocycles. The van der Waals surface area contributed by atoms with Crippen LogP contribution in [0.25, 0.3) is 0 Å². The van der Waals surface area contributed by atoms with Crippen LogP contribution in [-0.4, -0.2) is 47.3 Å². The summed E-state index contributed by atoms with van der Waals surface area (Å²) in [6.45, 7) is 1.33. The van der Waals surface area contributed by atoms with Crippen LogP contribution in [0.15, 0.2) is 24.3 Å². The highest BCUT2D eigenvalue weighted by Gasteiger charge is 2.44. The van der Waals surface area contributed by atoms with Crippen molar-refractivity contribution in [3.8, 4) is 0 Å². The number of aliphatic hydroxyl groups excluding tert-OH is 1. The van der Waals surface area contributed by atoms with Gasteiger partial charge in [0.15, 0.2) is 0 Å². The van der Waals surface area contributed by atoms with Crippen LogP contribution in [0.2, 0.25) is 0 Å². The van der Waals surface area contributed by atoms with Crippen molar-refractivity contribution in [2.75, 3.05) is 19.7 Å². The van der Waals surface area contributed by atoms with Gasteiger partial charge in [-0.3, -0.25) is 4.79 Å². The number of piperidine rings is 1. The Kier molecular flexibility index (Phi) is 4.57. The molecule has 1 amide bonds. The molecule has 0 aliphatic carbocycles. The SMILES string of the molecule is O=C(c1cccc(C(F)(F)F)c1)N1CCC2(CC1)OCCCC2O. The van der Waals surface area contributed by atoms with Gasteiger partial charge in [-0.1, -0.05) is 6.07 Å². The minimum Gasteiger partial charge on any atom is -0.390 e. The molecule has 2 aliphatic rings. The van der Waals surface area contributed by atoms with Gasteiger partial charge in [0.05, 0.1) is 17.3 Å². The van der Waals surface area contributed by atoms with Crippen LogP contribution in [0.5, 0.6) is 0 Å². The number of benzene rings is 1. The van der Waals surface area contributed by atoms with Gasteiger partial charge >= 0.3 is 6.18 Å². The number of likely N-dealkylation sites (tertiary alicyclic amines) is 1. The number of nitrogens with zero attached hydrogens (tertiary/aromatic N) is 1. The average Bonchev–Trinajstić information content (AvgIpc) is 2.57. The quantitative estimate of drug-likeness (QED) is 0.853. The van der Waals surface area contributed by atoms with Crippen molar-refractivity contribution < 1.29 is 27.8 Å². The number of hydrogen-bond acceptors (Lipinski definition) is 3. The number of hydrogen-bond donors (Lipinski definition) is 1. The highest BCUT2D eigenvalue weighted by atomic mass is 19.4. The molecular formula is C17H20F3NO3. The Morgan fingerprint density at radius 2 is 2.00 bits per heavy atom. The van der Waals surface area contributed by atoms with Crippen molar-refractivity contribution in [1.29, 1.82) is 0 Å². The molecule has 1 unspecified atom stereocenters. The highest BCUT2D eigenvalue weighted by molar-refractivity contribution is 5.94. The lowest BCUT2D eigenvalue weighted by Crippen LogP contribution is -2.56. The minimum absolute atomic E-state index is 0.0332. The van der Waals surface area contributed by atoms with E-state index in [1.54, 1.807) is 0 Å². The standard InChI is InChI=1S/C17H20F3NO3/c18-17(19,20)13-4-1-3-12(11-13)15(23)21-8-6-16(7-9-21)14(22)5-2-10-24-16/h1,3-4,11,14,22H,2,5-10H2. The molecule has 24 heavy (non-hydrogen) atoms. The number of carbonyl (C=O) groups is 1. The van der Waals surface area contributed by atoms with Gasteiger partial charge in [-0.05, 0) is 43.9 Å². The van der Waals surface area contributed by atoms with E-state index < -0.39 is 29.4 Å². The van der Waals surface area contributed by atoms with Gasteiger partial charge in [-0.15, -0.1) is 0 Å². The highest BCUT2D eigenvalue weighted by Crippen LogP contribution is 2.36. The Morgan fingerprint density at radius 3 is 2.62 bits per heavy atom. The number of aliphatic hydroxyl groups is 1. The Labute approximate surface area is 138 Å². The maximum atomic E-state index is 12.8. The van der Waals surface area contributed by atoms with E-state index in [4.69, 9.17) is 4.74 Å². The number of amides is 1. The zero-order valence-corrected chi connectivity index (χ0v) is 13.2. The van der Waals surface area contributed by atoms with Crippen LogP contribution in [0.1, 0.15) is 41.6 Å². The molecule has 0 radical (unpaired) electrons. The van der Waals surface area contributed by atoms with Gasteiger partial charge in [0.1, 0.15) is 0 Å². The van der Waals surface area contributed by atoms with Gasteiger partial charge in [0.25, 0.3) is 5.91 Å². The molecule has 3 rings (SSSR count). The Balaban J connectivity index is 1.69. The first kappa shape index (κ1) is 17.2. The van der Waals surface area contributed by atoms with Gasteiger partial charge in [0, 0.05) is 25.3 Å². The fraction of sp³-hybridized carbons (Fsp3) is 0.588. The summed E-state index contributed by atoms with van der Waals surface area (Å²) in [7, 11) is 0. The molecule has 2 saturated heterocycles. The Bertz CT molecular complexity index is 609. The molecule has 0 bridgehead atoms. The third-order valence-electron chi connectivity index (χ3n) is 4.95. The summed E-state index contributed by atoms with van der Waals surface area (Å²) in [5.41, 5.74) is -1.40. The van der Waals surface area contributed by atoms with Crippen LogP contribution < -0.4 is 0 Å². The molecule has 1 spiro atoms. The Hall–Kier alpha value is -1.60. The molecular weight excluding hydrogens is 323 g/mol. The maximum Gasteiger partial charge on any atom is 0.416 e. The Morgan fingerprint density at radius 1 is 1.29 bits per heavy atom. The zero-order valence-electron chi connectivity index (χ0n) is 13.2. The molecule has 4 nitrogen and oxygen atoms in total. The lowest BCUT2D eigenvalue weighted by atomic mass is 9.82. The van der Waals surface area contributed by atoms with Crippen molar-refractivity contribution in [1.82, 2.24) is 4.90 Å². The first-order valence-corrected chi connectivity index (χ1v) is 8.10. The van der Waals surface area contributed by atoms with Gasteiger partial charge in [0.2, 0.25) is 0 Å². The summed E-state index contributed by atoms with van der Waals surface area (Å²) in [6.07, 6.45) is -2.52. The monoisotopic (exact) mass is 343 g/mol. The number of halogens is 3. The number of ether oxygens (including phenoxy) is 1. The molecule has 7 heteroatoms. The molecule has 1 N–H and O–H groups in total. The van der Waals surface area contributed by atoms with Crippen molar-refractivity contribution in [2.24, 2.45) is 0 Å². The summed E-state index contributed by atoms with van der Waals surface area (Å²) >= 11 is 0. The summed E-state index contributed by atoms with van der Waals surface area (Å²) in [5.74, 6) is -0.416. The molecule has 2 heterocycles. The van der Waals surface area contributed by atoms with E-state index in [1.807, 2.05) is 0 Å². The second-order valence-corrected chi connectivity index (χ2v) is 6.44. The number of carbonyl (C=O) groups excluding carboxylic acids is 1. The van der Waals surface area contributed by atoms with Crippen LogP contribution in [0, 0.1) is 0 Å². The van der Waals surface area contributed by atoms with Crippen LogP contribution in [0.3, 0.4) is 0 Å². The largest absolute Gasteiger partial charge is 0.416 e. The van der Waals surface area contributed by atoms with Gasteiger partial charge < -0.3 is 14.7 Å². The molecule has 0 saturated carbocycles. The van der Waals surface area contributed by atoms with Crippen LogP contribution >= 0.6 is 0 Å². The average molecular weight is 343 g/mol. The van der Waals surface area contributed by atoms with Gasteiger partial charge in [-0.25, -0.2) is 0 Å². The van der Waals surface area contributed by atoms with E-state index in [-0.39, 0.29) is 5.56 Å². The van der Waals surface area contributed by atoms with E-state index in [1.165, 1.54) is 17.0 Å². The van der Waals surface area contributed by atoms with Gasteiger partial charge in [-0.2, -0.15) is 13.2 Å². The number of rotatable bonds is 1. The van der Waals surface area contributed by atoms with Crippen LogP contribution in [0.4, 0.5) is 13.2 Å². The van der Waals surface area contributed by atoms with E-state index in [9.17, 15) is 23.1 Å². The second kappa shape index (κ2) is 6.37. The lowest BCUT2D eigenvalue weighted by Gasteiger charge is -2.46. The predicted octanol–water partition coefficient (Wildman–Crippen LogP) is 2.85. The first-order valence-electron chi connectivity index (χ1n) is 8.10. The predicted molar refractivity (Wildman–Crippen MR) is 80.5 cm³/mol. The van der Waals surface area contributed by atoms with Crippen LogP contribution in [-0.2, 0) is 10.9 Å². The van der Waals surface area contributed by atoms with Crippen molar-refractivity contribution in [3.05, 3.63) is 35.4 Å². The van der Waals surface area contributed by atoms with Crippen molar-refractivity contribution in [3.63, 3.8) is 0 Å². The normalized spacial score (nSPS) is 24.2. The lowest BCUT2D eigenvalue weighted by molar-refractivity contribution is -0.174. The fourth-order valence-electron chi connectivity index (χ4n) is 3.49. The van der Waals surface area contributed by atoms with Crippen molar-refractivity contribution >= 4 is 5.91 Å². The zero-order chi connectivity index (χ0) is 17.4. The summed E-state index contributed by atoms with van der Waals surface area (Å²) in [4.78, 5) is 14.0. The third-order valence-corrected chi connectivity index (χ3v) is 4.95. The second-order valence-electron chi connectivity index (χ2n) is 6.44. The molecule has 2 aliphatic heterocycles. The first-order chi connectivity index (χ1) is 11.3. The number of alkyl halides is 3. The summed E-state index contributed by atoms with van der Waals surface area (Å²) in [6, 6.07) is 4.48. The van der Waals surface area contributed by atoms with E-state index in [0.717, 1.165) is 18.6 Å². The molecule has 2 fully saturated rings. The third kappa shape index (κ3) is 3.28. The summed E-state index contributed by atoms with van der Waals surface area (Å²) in [5, 5.41) is 10.2. The fourth-order valence-corrected chi connectivity index (χ4v) is 3.49. The maximum absolute atomic E-state index is 12.8.